The zero-order valence-corrected chi connectivity index (χ0v) is 19.0. The fraction of sp³-hybridized carbons (Fsp3) is 0.409. The highest BCUT2D eigenvalue weighted by atomic mass is 35.5. The molecule has 3 rings (SSSR count). The fourth-order valence-corrected chi connectivity index (χ4v) is 3.31. The summed E-state index contributed by atoms with van der Waals surface area (Å²) in [5, 5.41) is 10.3. The molecule has 1 atom stereocenters. The third-order valence-electron chi connectivity index (χ3n) is 4.98. The van der Waals surface area contributed by atoms with Crippen molar-refractivity contribution in [2.45, 2.75) is 13.0 Å². The topological polar surface area (TPSA) is 62.2 Å². The number of ether oxygens (including phenoxy) is 2. The molecule has 1 heterocycles. The number of benzene rings is 2. The van der Waals surface area contributed by atoms with Crippen LogP contribution in [0.25, 0.3) is 0 Å². The van der Waals surface area contributed by atoms with E-state index in [1.165, 1.54) is 12.6 Å². The van der Waals surface area contributed by atoms with Crippen LogP contribution in [0.5, 0.6) is 11.5 Å². The molecule has 0 amide bonds. The Hall–Kier alpha value is -1.99. The molecule has 30 heavy (non-hydrogen) atoms. The lowest BCUT2D eigenvalue weighted by atomic mass is 10.1. The number of aliphatic hydroxyl groups is 1. The average molecular weight is 457 g/mol. The first-order valence-corrected chi connectivity index (χ1v) is 9.58. The van der Waals surface area contributed by atoms with Crippen molar-refractivity contribution in [3.63, 3.8) is 0 Å². The first kappa shape index (κ1) is 26.0. The molecular formula is C22H30Cl2N2O4. The highest BCUT2D eigenvalue weighted by molar-refractivity contribution is 5.94. The van der Waals surface area contributed by atoms with Crippen molar-refractivity contribution >= 4 is 36.3 Å². The number of carbonyl (C=O) groups excluding carboxylic acids is 1. The predicted octanol–water partition coefficient (Wildman–Crippen LogP) is 3.30. The van der Waals surface area contributed by atoms with Crippen molar-refractivity contribution in [2.75, 3.05) is 51.3 Å². The summed E-state index contributed by atoms with van der Waals surface area (Å²) in [6.45, 7) is 6.00. The van der Waals surface area contributed by atoms with Crippen LogP contribution in [-0.4, -0.2) is 68.3 Å². The Balaban J connectivity index is 0.00000225. The number of Topliss-reactive ketones (excluding diaryl/α,β-unsaturated/α-hetero) is 1. The van der Waals surface area contributed by atoms with Gasteiger partial charge in [0.2, 0.25) is 0 Å². The van der Waals surface area contributed by atoms with Crippen LogP contribution in [0.15, 0.2) is 48.5 Å². The van der Waals surface area contributed by atoms with Gasteiger partial charge in [-0.1, -0.05) is 0 Å². The maximum atomic E-state index is 11.3. The minimum absolute atomic E-state index is 0. The summed E-state index contributed by atoms with van der Waals surface area (Å²) >= 11 is 0. The number of carbonyl (C=O) groups is 1. The van der Waals surface area contributed by atoms with Gasteiger partial charge in [0.25, 0.3) is 0 Å². The largest absolute Gasteiger partial charge is 0.497 e. The Bertz CT molecular complexity index is 764. The van der Waals surface area contributed by atoms with E-state index < -0.39 is 6.10 Å². The number of ketones is 1. The molecule has 1 aliphatic heterocycles. The number of aliphatic hydroxyl groups excluding tert-OH is 1. The van der Waals surface area contributed by atoms with Gasteiger partial charge in [-0.25, -0.2) is 0 Å². The van der Waals surface area contributed by atoms with Crippen molar-refractivity contribution < 1.29 is 19.4 Å². The lowest BCUT2D eigenvalue weighted by molar-refractivity contribution is 0.0663. The number of anilines is 1. The standard InChI is InChI=1S/C22H28N2O4.2ClH/c1-17(25)18-3-7-22(8-4-18)28-16-20(26)15-23-11-13-24(14-12-23)19-5-9-21(27-2)10-6-19;;/h3-10,20,26H,11-16H2,1-2H3;2*1H. The van der Waals surface area contributed by atoms with Crippen LogP contribution in [-0.2, 0) is 0 Å². The third kappa shape index (κ3) is 7.36. The molecule has 6 nitrogen and oxygen atoms in total. The lowest BCUT2D eigenvalue weighted by Crippen LogP contribution is -2.49. The summed E-state index contributed by atoms with van der Waals surface area (Å²) in [5.41, 5.74) is 1.85. The van der Waals surface area contributed by atoms with Crippen LogP contribution in [0, 0.1) is 0 Å². The smallest absolute Gasteiger partial charge is 0.159 e. The van der Waals surface area contributed by atoms with Gasteiger partial charge >= 0.3 is 0 Å². The zero-order chi connectivity index (χ0) is 19.9. The van der Waals surface area contributed by atoms with Gasteiger partial charge in [-0.2, -0.15) is 0 Å². The molecule has 1 fully saturated rings. The van der Waals surface area contributed by atoms with Gasteiger partial charge in [0, 0.05) is 44.0 Å². The molecule has 8 heteroatoms. The molecule has 0 aromatic heterocycles. The predicted molar refractivity (Wildman–Crippen MR) is 124 cm³/mol. The maximum Gasteiger partial charge on any atom is 0.159 e. The number of hydrogen-bond acceptors (Lipinski definition) is 6. The fourth-order valence-electron chi connectivity index (χ4n) is 3.31. The molecule has 166 valence electrons. The van der Waals surface area contributed by atoms with E-state index >= 15 is 0 Å². The molecule has 1 N–H and O–H groups in total. The van der Waals surface area contributed by atoms with E-state index in [0.29, 0.717) is 17.9 Å². The molecule has 1 saturated heterocycles. The second kappa shape index (κ2) is 12.6. The van der Waals surface area contributed by atoms with Crippen LogP contribution in [0.3, 0.4) is 0 Å². The lowest BCUT2D eigenvalue weighted by Gasteiger charge is -2.36. The van der Waals surface area contributed by atoms with Crippen LogP contribution < -0.4 is 14.4 Å². The average Bonchev–Trinajstić information content (AvgIpc) is 2.73. The number of methoxy groups -OCH3 is 1. The molecule has 2 aromatic carbocycles. The van der Waals surface area contributed by atoms with Gasteiger partial charge in [-0.15, -0.1) is 24.8 Å². The SMILES string of the molecule is COc1ccc(N2CCN(CC(O)COc3ccc(C(C)=O)cc3)CC2)cc1.Cl.Cl. The Kier molecular flexibility index (Phi) is 11.0. The second-order valence-electron chi connectivity index (χ2n) is 7.03. The number of rotatable bonds is 8. The van der Waals surface area contributed by atoms with Gasteiger partial charge in [0.05, 0.1) is 7.11 Å². The number of hydrogen-bond donors (Lipinski definition) is 1. The number of nitrogens with zero attached hydrogens (tertiary/aromatic N) is 2. The summed E-state index contributed by atoms with van der Waals surface area (Å²) < 4.78 is 10.9. The van der Waals surface area contributed by atoms with E-state index in [0.717, 1.165) is 31.9 Å². The maximum absolute atomic E-state index is 11.3. The molecule has 2 aromatic rings. The van der Waals surface area contributed by atoms with E-state index in [9.17, 15) is 9.90 Å². The van der Waals surface area contributed by atoms with Gasteiger partial charge < -0.3 is 19.5 Å². The Morgan fingerprint density at radius 2 is 1.53 bits per heavy atom. The van der Waals surface area contributed by atoms with E-state index in [4.69, 9.17) is 9.47 Å². The Morgan fingerprint density at radius 1 is 0.967 bits per heavy atom. The molecular weight excluding hydrogens is 427 g/mol. The minimum atomic E-state index is -0.556. The number of piperazine rings is 1. The van der Waals surface area contributed by atoms with Gasteiger partial charge in [0.1, 0.15) is 24.2 Å². The van der Waals surface area contributed by atoms with Crippen molar-refractivity contribution in [3.8, 4) is 11.5 Å². The number of β-amino-alcohol motifs (C(OH)–C–C–N with tert-alkyl or cyclic N) is 1. The molecule has 0 aliphatic carbocycles. The van der Waals surface area contributed by atoms with Gasteiger partial charge in [-0.05, 0) is 55.5 Å². The first-order chi connectivity index (χ1) is 13.5. The van der Waals surface area contributed by atoms with Gasteiger partial charge in [0.15, 0.2) is 5.78 Å². The van der Waals surface area contributed by atoms with E-state index in [1.54, 1.807) is 31.4 Å². The molecule has 1 aliphatic rings. The Labute approximate surface area is 190 Å². The van der Waals surface area contributed by atoms with E-state index in [-0.39, 0.29) is 37.2 Å². The number of halogens is 2. The van der Waals surface area contributed by atoms with Crippen LogP contribution >= 0.6 is 24.8 Å². The molecule has 0 spiro atoms. The highest BCUT2D eigenvalue weighted by Crippen LogP contribution is 2.20. The summed E-state index contributed by atoms with van der Waals surface area (Å²) in [6, 6.07) is 15.1. The van der Waals surface area contributed by atoms with Crippen molar-refractivity contribution in [1.82, 2.24) is 4.90 Å². The summed E-state index contributed by atoms with van der Waals surface area (Å²) in [7, 11) is 1.67. The molecule has 0 radical (unpaired) electrons. The minimum Gasteiger partial charge on any atom is -0.497 e. The van der Waals surface area contributed by atoms with Crippen LogP contribution in [0.1, 0.15) is 17.3 Å². The molecule has 1 unspecified atom stereocenters. The quantitative estimate of drug-likeness (QED) is 0.614. The van der Waals surface area contributed by atoms with Crippen molar-refractivity contribution in [2.24, 2.45) is 0 Å². The third-order valence-corrected chi connectivity index (χ3v) is 4.98. The highest BCUT2D eigenvalue weighted by Gasteiger charge is 2.20. The van der Waals surface area contributed by atoms with Crippen molar-refractivity contribution in [1.29, 1.82) is 0 Å². The first-order valence-electron chi connectivity index (χ1n) is 9.58. The van der Waals surface area contributed by atoms with Crippen LogP contribution in [0.4, 0.5) is 5.69 Å². The molecule has 0 bridgehead atoms. The van der Waals surface area contributed by atoms with Crippen LogP contribution in [0.2, 0.25) is 0 Å². The zero-order valence-electron chi connectivity index (χ0n) is 17.3. The summed E-state index contributed by atoms with van der Waals surface area (Å²) in [4.78, 5) is 15.9. The summed E-state index contributed by atoms with van der Waals surface area (Å²) in [5.74, 6) is 1.55. The van der Waals surface area contributed by atoms with Gasteiger partial charge in [-0.3, -0.25) is 9.69 Å². The second-order valence-corrected chi connectivity index (χ2v) is 7.03. The van der Waals surface area contributed by atoms with Crippen molar-refractivity contribution in [3.05, 3.63) is 54.1 Å². The van der Waals surface area contributed by atoms with E-state index in [1.807, 2.05) is 12.1 Å². The van der Waals surface area contributed by atoms with E-state index in [2.05, 4.69) is 21.9 Å². The monoisotopic (exact) mass is 456 g/mol. The Morgan fingerprint density at radius 3 is 2.07 bits per heavy atom. The summed E-state index contributed by atoms with van der Waals surface area (Å²) in [6.07, 6.45) is -0.556. The molecule has 0 saturated carbocycles. The normalized spacial score (nSPS) is 14.8.